The third kappa shape index (κ3) is 2.54. The number of benzene rings is 1. The van der Waals surface area contributed by atoms with Crippen LogP contribution in [0, 0.1) is 0 Å². The van der Waals surface area contributed by atoms with Gasteiger partial charge in [0.05, 0.1) is 6.54 Å². The monoisotopic (exact) mass is 286 g/mol. The Kier molecular flexibility index (Phi) is 3.70. The lowest BCUT2D eigenvalue weighted by molar-refractivity contribution is -0.136. The van der Waals surface area contributed by atoms with Crippen LogP contribution in [0.1, 0.15) is 23.3 Å². The highest BCUT2D eigenvalue weighted by molar-refractivity contribution is 5.81. The number of nitrogens with zero attached hydrogens (tertiary/aromatic N) is 4. The molecule has 2 aromatic rings. The standard InChI is InChI=1S/C15H18N4O2/c1-18-9-13-16-17-14(10-21-2)19(13)12(15(18)20)8-11-6-4-3-5-7-11/h3-7,12H,8-10H2,1-2H3/t12-/m0/s1. The number of rotatable bonds is 4. The highest BCUT2D eigenvalue weighted by atomic mass is 16.5. The molecule has 6 heteroatoms. The highest BCUT2D eigenvalue weighted by Gasteiger charge is 2.34. The van der Waals surface area contributed by atoms with Crippen molar-refractivity contribution in [2.75, 3.05) is 14.2 Å². The van der Waals surface area contributed by atoms with Gasteiger partial charge < -0.3 is 9.64 Å². The molecule has 21 heavy (non-hydrogen) atoms. The van der Waals surface area contributed by atoms with Gasteiger partial charge in [0.2, 0.25) is 5.91 Å². The number of carbonyl (C=O) groups excluding carboxylic acids is 1. The maximum atomic E-state index is 12.6. The predicted molar refractivity (Wildman–Crippen MR) is 76.4 cm³/mol. The normalized spacial score (nSPS) is 17.9. The molecule has 2 heterocycles. The van der Waals surface area contributed by atoms with E-state index in [0.717, 1.165) is 11.4 Å². The number of aromatic nitrogens is 3. The topological polar surface area (TPSA) is 60.3 Å². The van der Waals surface area contributed by atoms with Crippen LogP contribution in [-0.4, -0.2) is 39.7 Å². The number of hydrogen-bond acceptors (Lipinski definition) is 4. The van der Waals surface area contributed by atoms with Gasteiger partial charge in [-0.25, -0.2) is 0 Å². The van der Waals surface area contributed by atoms with Crippen molar-refractivity contribution in [3.05, 3.63) is 47.5 Å². The minimum Gasteiger partial charge on any atom is -0.377 e. The van der Waals surface area contributed by atoms with Gasteiger partial charge in [-0.3, -0.25) is 9.36 Å². The fourth-order valence-corrected chi connectivity index (χ4v) is 2.73. The number of likely N-dealkylation sites (N-methyl/N-ethyl adjacent to an activating group) is 1. The van der Waals surface area contributed by atoms with Crippen molar-refractivity contribution in [2.45, 2.75) is 25.6 Å². The zero-order valence-corrected chi connectivity index (χ0v) is 12.2. The zero-order valence-electron chi connectivity index (χ0n) is 12.2. The van der Waals surface area contributed by atoms with Crippen LogP contribution in [0.25, 0.3) is 0 Å². The lowest BCUT2D eigenvalue weighted by atomic mass is 10.0. The number of methoxy groups -OCH3 is 1. The van der Waals surface area contributed by atoms with Crippen molar-refractivity contribution >= 4 is 5.91 Å². The van der Waals surface area contributed by atoms with Crippen LogP contribution in [0.15, 0.2) is 30.3 Å². The van der Waals surface area contributed by atoms with Gasteiger partial charge in [0.25, 0.3) is 0 Å². The van der Waals surface area contributed by atoms with E-state index in [-0.39, 0.29) is 11.9 Å². The van der Waals surface area contributed by atoms with Crippen molar-refractivity contribution in [3.8, 4) is 0 Å². The van der Waals surface area contributed by atoms with Gasteiger partial charge in [0, 0.05) is 20.6 Å². The second kappa shape index (κ2) is 5.65. The summed E-state index contributed by atoms with van der Waals surface area (Å²) in [6.45, 7) is 0.843. The van der Waals surface area contributed by atoms with E-state index in [0.29, 0.717) is 25.4 Å². The second-order valence-electron chi connectivity index (χ2n) is 5.24. The van der Waals surface area contributed by atoms with E-state index < -0.39 is 0 Å². The van der Waals surface area contributed by atoms with Crippen LogP contribution in [0.2, 0.25) is 0 Å². The Morgan fingerprint density at radius 3 is 2.76 bits per heavy atom. The summed E-state index contributed by atoms with van der Waals surface area (Å²) in [5, 5.41) is 8.35. The lowest BCUT2D eigenvalue weighted by Gasteiger charge is -2.31. The van der Waals surface area contributed by atoms with Gasteiger partial charge in [0.1, 0.15) is 12.6 Å². The van der Waals surface area contributed by atoms with E-state index in [1.165, 1.54) is 0 Å². The fraction of sp³-hybridized carbons (Fsp3) is 0.400. The molecule has 0 bridgehead atoms. The minimum absolute atomic E-state index is 0.0866. The fourth-order valence-electron chi connectivity index (χ4n) is 2.73. The van der Waals surface area contributed by atoms with E-state index >= 15 is 0 Å². The van der Waals surface area contributed by atoms with Gasteiger partial charge in [-0.1, -0.05) is 30.3 Å². The van der Waals surface area contributed by atoms with E-state index in [2.05, 4.69) is 10.2 Å². The van der Waals surface area contributed by atoms with Crippen LogP contribution < -0.4 is 0 Å². The second-order valence-corrected chi connectivity index (χ2v) is 5.24. The molecule has 1 aromatic heterocycles. The third-order valence-electron chi connectivity index (χ3n) is 3.73. The molecule has 0 aliphatic carbocycles. The Hall–Kier alpha value is -2.21. The van der Waals surface area contributed by atoms with E-state index in [1.807, 2.05) is 34.9 Å². The first-order chi connectivity index (χ1) is 10.2. The SMILES string of the molecule is COCc1nnc2n1[C@@H](Cc1ccccc1)C(=O)N(C)C2. The molecule has 1 atom stereocenters. The van der Waals surface area contributed by atoms with Crippen molar-refractivity contribution in [1.29, 1.82) is 0 Å². The summed E-state index contributed by atoms with van der Waals surface area (Å²) in [7, 11) is 3.42. The van der Waals surface area contributed by atoms with Gasteiger partial charge >= 0.3 is 0 Å². The number of hydrogen-bond donors (Lipinski definition) is 0. The Morgan fingerprint density at radius 2 is 2.05 bits per heavy atom. The summed E-state index contributed by atoms with van der Waals surface area (Å²) >= 11 is 0. The number of ether oxygens (including phenoxy) is 1. The Balaban J connectivity index is 1.98. The Morgan fingerprint density at radius 1 is 1.29 bits per heavy atom. The van der Waals surface area contributed by atoms with Crippen LogP contribution in [0.3, 0.4) is 0 Å². The van der Waals surface area contributed by atoms with Crippen LogP contribution >= 0.6 is 0 Å². The lowest BCUT2D eigenvalue weighted by Crippen LogP contribution is -2.42. The maximum absolute atomic E-state index is 12.6. The molecule has 0 fully saturated rings. The van der Waals surface area contributed by atoms with E-state index in [1.54, 1.807) is 19.1 Å². The number of fused-ring (bicyclic) bond motifs is 1. The molecule has 1 aromatic carbocycles. The average Bonchev–Trinajstić information content (AvgIpc) is 2.88. The molecule has 0 spiro atoms. The van der Waals surface area contributed by atoms with Crippen molar-refractivity contribution in [1.82, 2.24) is 19.7 Å². The van der Waals surface area contributed by atoms with E-state index in [9.17, 15) is 4.79 Å². The molecule has 1 amide bonds. The molecule has 110 valence electrons. The average molecular weight is 286 g/mol. The molecular formula is C15H18N4O2. The third-order valence-corrected chi connectivity index (χ3v) is 3.73. The molecule has 3 rings (SSSR count). The Labute approximate surface area is 123 Å². The molecule has 0 saturated heterocycles. The predicted octanol–water partition coefficient (Wildman–Crippen LogP) is 1.18. The van der Waals surface area contributed by atoms with Crippen LogP contribution in [-0.2, 0) is 29.1 Å². The summed E-state index contributed by atoms with van der Waals surface area (Å²) in [6.07, 6.45) is 0.631. The first kappa shape index (κ1) is 13.8. The summed E-state index contributed by atoms with van der Waals surface area (Å²) in [4.78, 5) is 14.3. The summed E-state index contributed by atoms with van der Waals surface area (Å²) in [5.41, 5.74) is 1.12. The minimum atomic E-state index is -0.304. The van der Waals surface area contributed by atoms with Crippen molar-refractivity contribution in [3.63, 3.8) is 0 Å². The number of amides is 1. The van der Waals surface area contributed by atoms with Crippen molar-refractivity contribution < 1.29 is 9.53 Å². The molecule has 0 radical (unpaired) electrons. The highest BCUT2D eigenvalue weighted by Crippen LogP contribution is 2.25. The van der Waals surface area contributed by atoms with Crippen LogP contribution in [0.5, 0.6) is 0 Å². The van der Waals surface area contributed by atoms with Gasteiger partial charge in [-0.15, -0.1) is 10.2 Å². The summed E-state index contributed by atoms with van der Waals surface area (Å²) in [6, 6.07) is 9.69. The molecule has 1 aliphatic rings. The first-order valence-electron chi connectivity index (χ1n) is 6.91. The van der Waals surface area contributed by atoms with Gasteiger partial charge in [0.15, 0.2) is 11.6 Å². The largest absolute Gasteiger partial charge is 0.377 e. The van der Waals surface area contributed by atoms with Gasteiger partial charge in [-0.2, -0.15) is 0 Å². The smallest absolute Gasteiger partial charge is 0.246 e. The Bertz CT molecular complexity index is 625. The van der Waals surface area contributed by atoms with E-state index in [4.69, 9.17) is 4.74 Å². The molecular weight excluding hydrogens is 268 g/mol. The molecule has 0 N–H and O–H groups in total. The molecule has 0 unspecified atom stereocenters. The molecule has 0 saturated carbocycles. The van der Waals surface area contributed by atoms with Gasteiger partial charge in [-0.05, 0) is 5.56 Å². The first-order valence-corrected chi connectivity index (χ1v) is 6.91. The molecule has 1 aliphatic heterocycles. The molecule has 6 nitrogen and oxygen atoms in total. The maximum Gasteiger partial charge on any atom is 0.246 e. The zero-order chi connectivity index (χ0) is 14.8. The van der Waals surface area contributed by atoms with Crippen molar-refractivity contribution in [2.24, 2.45) is 0 Å². The van der Waals surface area contributed by atoms with Crippen LogP contribution in [0.4, 0.5) is 0 Å². The summed E-state index contributed by atoms with van der Waals surface area (Å²) in [5.74, 6) is 1.60. The summed E-state index contributed by atoms with van der Waals surface area (Å²) < 4.78 is 7.09. The number of carbonyl (C=O) groups is 1. The quantitative estimate of drug-likeness (QED) is 0.847.